The van der Waals surface area contributed by atoms with Gasteiger partial charge in [-0.2, -0.15) is 0 Å². The van der Waals surface area contributed by atoms with Gasteiger partial charge in [-0.25, -0.2) is 9.18 Å². The first kappa shape index (κ1) is 35.2. The van der Waals surface area contributed by atoms with Crippen molar-refractivity contribution in [2.45, 2.75) is 52.1 Å². The molecule has 9 nitrogen and oxygen atoms in total. The molecule has 0 aliphatic carbocycles. The molecule has 0 bridgehead atoms. The summed E-state index contributed by atoms with van der Waals surface area (Å²) >= 11 is 0. The maximum absolute atomic E-state index is 13.4. The monoisotopic (exact) mass is 628 g/mol. The predicted molar refractivity (Wildman–Crippen MR) is 177 cm³/mol. The Bertz CT molecular complexity index is 1530. The van der Waals surface area contributed by atoms with E-state index < -0.39 is 12.0 Å². The summed E-state index contributed by atoms with van der Waals surface area (Å²) in [5.41, 5.74) is 1.78. The minimum Gasteiger partial charge on any atom is -0.478 e. The number of halogens is 1. The lowest BCUT2D eigenvalue weighted by molar-refractivity contribution is -0.122. The minimum atomic E-state index is -1.00. The van der Waals surface area contributed by atoms with E-state index in [4.69, 9.17) is 9.84 Å². The predicted octanol–water partition coefficient (Wildman–Crippen LogP) is 6.27. The van der Waals surface area contributed by atoms with Crippen LogP contribution in [0.4, 0.5) is 4.39 Å². The molecule has 242 valence electrons. The topological polar surface area (TPSA) is 120 Å². The zero-order valence-electron chi connectivity index (χ0n) is 26.4. The summed E-state index contributed by atoms with van der Waals surface area (Å²) in [5.74, 6) is -0.00791. The van der Waals surface area contributed by atoms with Crippen LogP contribution in [0, 0.1) is 5.82 Å². The maximum Gasteiger partial charge on any atom is 0.335 e. The molecule has 3 aromatic carbocycles. The molecule has 0 heterocycles. The third-order valence-electron chi connectivity index (χ3n) is 6.97. The number of ether oxygens (including phenoxy) is 1. The van der Waals surface area contributed by atoms with Gasteiger partial charge >= 0.3 is 5.97 Å². The molecule has 2 amide bonds. The highest BCUT2D eigenvalue weighted by Crippen LogP contribution is 2.23. The number of carboxylic acid groups (broad SMARTS) is 1. The number of hydrogen-bond donors (Lipinski definition) is 3. The van der Waals surface area contributed by atoms with Crippen LogP contribution in [0.3, 0.4) is 0 Å². The molecule has 1 unspecified atom stereocenters. The molecule has 0 aromatic heterocycles. The lowest BCUT2D eigenvalue weighted by Crippen LogP contribution is -2.48. The molecule has 3 aromatic rings. The number of rotatable bonds is 16. The number of likely N-dealkylation sites (N-methyl/N-ethyl adjacent to an activating group) is 1. The summed E-state index contributed by atoms with van der Waals surface area (Å²) in [4.78, 5) is 43.1. The summed E-state index contributed by atoms with van der Waals surface area (Å²) < 4.78 is 19.3. The highest BCUT2D eigenvalue weighted by Gasteiger charge is 2.22. The van der Waals surface area contributed by atoms with Crippen LogP contribution in [0.1, 0.15) is 54.6 Å². The molecule has 3 N–H and O–H groups in total. The van der Waals surface area contributed by atoms with E-state index in [2.05, 4.69) is 15.6 Å². The summed E-state index contributed by atoms with van der Waals surface area (Å²) in [7, 11) is 1.69. The minimum absolute atomic E-state index is 0.148. The first-order valence-corrected chi connectivity index (χ1v) is 15.2. The van der Waals surface area contributed by atoms with Crippen LogP contribution in [-0.2, 0) is 22.6 Å². The van der Waals surface area contributed by atoms with Gasteiger partial charge in [-0.1, -0.05) is 36.4 Å². The molecule has 1 atom stereocenters. The van der Waals surface area contributed by atoms with E-state index >= 15 is 0 Å². The van der Waals surface area contributed by atoms with Gasteiger partial charge in [0.05, 0.1) is 11.6 Å². The van der Waals surface area contributed by atoms with Gasteiger partial charge in [0.15, 0.2) is 0 Å². The van der Waals surface area contributed by atoms with E-state index in [9.17, 15) is 18.8 Å². The normalized spacial score (nSPS) is 12.2. The van der Waals surface area contributed by atoms with Gasteiger partial charge in [0.25, 0.3) is 0 Å². The molecule has 0 saturated heterocycles. The second-order valence-electron chi connectivity index (χ2n) is 10.4. The van der Waals surface area contributed by atoms with Gasteiger partial charge in [0, 0.05) is 39.2 Å². The van der Waals surface area contributed by atoms with E-state index in [1.54, 1.807) is 31.3 Å². The molecule has 0 aliphatic heterocycles. The first-order chi connectivity index (χ1) is 22.2. The molecule has 10 heteroatoms. The Kier molecular flexibility index (Phi) is 14.2. The summed E-state index contributed by atoms with van der Waals surface area (Å²) in [6.45, 7) is 4.78. The standard InChI is InChI=1S/C36H41FN4O5/c1-4-6-7-22-41(5-2)35(38-3)32(40-34(43)13-9-12-33(42)39-25-27-10-8-11-29(37)23-27)24-26-14-18-30(19-15-26)46-31-20-16-28(17-21-31)36(44)45/h4,6-8,10-11,14-23,32H,5,9,12-13,24-25H2,1-3H3,(H,39,42)(H,40,43)(H,44,45)/b6-4+,22-7+,38-35?. The molecular weight excluding hydrogens is 587 g/mol. The first-order valence-electron chi connectivity index (χ1n) is 15.2. The Morgan fingerprint density at radius 1 is 0.957 bits per heavy atom. The van der Waals surface area contributed by atoms with Gasteiger partial charge in [-0.05, 0) is 92.4 Å². The van der Waals surface area contributed by atoms with Crippen molar-refractivity contribution >= 4 is 23.6 Å². The number of allylic oxidation sites excluding steroid dienone is 3. The largest absolute Gasteiger partial charge is 0.478 e. The van der Waals surface area contributed by atoms with Crippen molar-refractivity contribution < 1.29 is 28.6 Å². The smallest absolute Gasteiger partial charge is 0.335 e. The zero-order valence-corrected chi connectivity index (χ0v) is 26.4. The van der Waals surface area contributed by atoms with Crippen molar-refractivity contribution in [2.75, 3.05) is 13.6 Å². The number of hydrogen-bond acceptors (Lipinski definition) is 5. The average molecular weight is 629 g/mol. The molecule has 0 radical (unpaired) electrons. The summed E-state index contributed by atoms with van der Waals surface area (Å²) in [6, 6.07) is 19.2. The number of aromatic carboxylic acids is 1. The second-order valence-corrected chi connectivity index (χ2v) is 10.4. The number of carbonyl (C=O) groups excluding carboxylic acids is 2. The number of benzene rings is 3. The van der Waals surface area contributed by atoms with E-state index in [1.807, 2.05) is 67.4 Å². The lowest BCUT2D eigenvalue weighted by Gasteiger charge is -2.28. The number of amides is 2. The Morgan fingerprint density at radius 2 is 1.63 bits per heavy atom. The van der Waals surface area contributed by atoms with Crippen molar-refractivity contribution in [3.8, 4) is 11.5 Å². The van der Waals surface area contributed by atoms with Gasteiger partial charge in [0.2, 0.25) is 11.8 Å². The van der Waals surface area contributed by atoms with Crippen LogP contribution in [-0.4, -0.2) is 53.3 Å². The van der Waals surface area contributed by atoms with Crippen LogP contribution in [0.25, 0.3) is 0 Å². The quantitative estimate of drug-likeness (QED) is 0.0977. The Labute approximate surface area is 269 Å². The third-order valence-corrected chi connectivity index (χ3v) is 6.97. The van der Waals surface area contributed by atoms with Crippen LogP contribution < -0.4 is 15.4 Å². The molecule has 0 aliphatic rings. The molecular formula is C36H41FN4O5. The van der Waals surface area contributed by atoms with E-state index in [-0.39, 0.29) is 42.6 Å². The second kappa shape index (κ2) is 18.5. The fourth-order valence-corrected chi connectivity index (χ4v) is 4.64. The molecule has 0 fully saturated rings. The zero-order chi connectivity index (χ0) is 33.3. The van der Waals surface area contributed by atoms with Gasteiger partial charge < -0.3 is 25.4 Å². The van der Waals surface area contributed by atoms with Crippen molar-refractivity contribution in [3.63, 3.8) is 0 Å². The Morgan fingerprint density at radius 3 is 2.24 bits per heavy atom. The third kappa shape index (κ3) is 11.7. The van der Waals surface area contributed by atoms with Crippen molar-refractivity contribution in [1.82, 2.24) is 15.5 Å². The summed E-state index contributed by atoms with van der Waals surface area (Å²) in [6.07, 6.45) is 8.77. The Hall–Kier alpha value is -5.25. The molecule has 0 saturated carbocycles. The molecule has 3 rings (SSSR count). The number of carbonyl (C=O) groups is 3. The van der Waals surface area contributed by atoms with E-state index in [0.717, 1.165) is 5.56 Å². The average Bonchev–Trinajstić information content (AvgIpc) is 3.04. The lowest BCUT2D eigenvalue weighted by atomic mass is 10.0. The number of aliphatic imine (C=N–C) groups is 1. The number of nitrogens with zero attached hydrogens (tertiary/aromatic N) is 2. The van der Waals surface area contributed by atoms with Crippen LogP contribution in [0.5, 0.6) is 11.5 Å². The Balaban J connectivity index is 1.65. The van der Waals surface area contributed by atoms with Crippen molar-refractivity contribution in [2.24, 2.45) is 4.99 Å². The molecule has 46 heavy (non-hydrogen) atoms. The van der Waals surface area contributed by atoms with Crippen LogP contribution in [0.2, 0.25) is 0 Å². The number of amidine groups is 1. The van der Waals surface area contributed by atoms with E-state index in [1.165, 1.54) is 24.3 Å². The van der Waals surface area contributed by atoms with Crippen LogP contribution >= 0.6 is 0 Å². The van der Waals surface area contributed by atoms with Gasteiger partial charge in [-0.3, -0.25) is 14.6 Å². The highest BCUT2D eigenvalue weighted by molar-refractivity contribution is 5.92. The highest BCUT2D eigenvalue weighted by atomic mass is 19.1. The summed E-state index contributed by atoms with van der Waals surface area (Å²) in [5, 5.41) is 15.0. The number of nitrogens with one attached hydrogen (secondary N) is 2. The molecule has 0 spiro atoms. The van der Waals surface area contributed by atoms with Gasteiger partial charge in [-0.15, -0.1) is 0 Å². The van der Waals surface area contributed by atoms with Crippen molar-refractivity contribution in [3.05, 3.63) is 120 Å². The maximum atomic E-state index is 13.4. The van der Waals surface area contributed by atoms with Crippen molar-refractivity contribution in [1.29, 1.82) is 0 Å². The fraction of sp³-hybridized carbons (Fsp3) is 0.278. The van der Waals surface area contributed by atoms with Gasteiger partial charge in [0.1, 0.15) is 23.2 Å². The van der Waals surface area contributed by atoms with Crippen LogP contribution in [0.15, 0.2) is 102 Å². The van der Waals surface area contributed by atoms with E-state index in [0.29, 0.717) is 42.3 Å². The number of carboxylic acids is 1. The fourth-order valence-electron chi connectivity index (χ4n) is 4.64. The SMILES string of the molecule is C/C=C/C=C/N(CC)C(=NC)C(Cc1ccc(Oc2ccc(C(=O)O)cc2)cc1)NC(=O)CCCC(=O)NCc1cccc(F)c1.